The normalized spacial score (nSPS) is 18.9. The average molecular weight is 376 g/mol. The lowest BCUT2D eigenvalue weighted by atomic mass is 10.0. The Morgan fingerprint density at radius 1 is 1.36 bits per heavy atom. The van der Waals surface area contributed by atoms with Crippen LogP contribution in [0, 0.1) is 11.8 Å². The fourth-order valence-corrected chi connectivity index (χ4v) is 3.09. The van der Waals surface area contributed by atoms with Gasteiger partial charge in [0, 0.05) is 25.6 Å². The second kappa shape index (κ2) is 6.44. The highest BCUT2D eigenvalue weighted by Crippen LogP contribution is 2.22. The minimum atomic E-state index is -1.67. The molecule has 1 aromatic carbocycles. The lowest BCUT2D eigenvalue weighted by Gasteiger charge is -2.13. The summed E-state index contributed by atoms with van der Waals surface area (Å²) >= 11 is 0. The summed E-state index contributed by atoms with van der Waals surface area (Å²) in [6.07, 6.45) is 1.72. The van der Waals surface area contributed by atoms with Crippen molar-refractivity contribution in [3.8, 4) is 17.5 Å². The predicted octanol–water partition coefficient (Wildman–Crippen LogP) is -0.141. The molecule has 9 heteroatoms. The number of likely N-dealkylation sites (N-methyl/N-ethyl adjacent to an activating group) is 1. The molecule has 0 saturated carbocycles. The molecule has 1 fully saturated rings. The summed E-state index contributed by atoms with van der Waals surface area (Å²) in [6, 6.07) is 8.59. The highest BCUT2D eigenvalue weighted by atomic mass is 16.3. The number of amides is 2. The van der Waals surface area contributed by atoms with Gasteiger partial charge in [-0.15, -0.1) is 5.10 Å². The van der Waals surface area contributed by atoms with Crippen LogP contribution in [-0.4, -0.2) is 61.0 Å². The van der Waals surface area contributed by atoms with E-state index in [-0.39, 0.29) is 12.1 Å². The van der Waals surface area contributed by atoms with Crippen LogP contribution in [0.1, 0.15) is 22.5 Å². The monoisotopic (exact) mass is 376 g/mol. The molecule has 1 saturated heterocycles. The first-order valence-electron chi connectivity index (χ1n) is 8.51. The molecule has 2 aromatic heterocycles. The Kier molecular flexibility index (Phi) is 4.05. The van der Waals surface area contributed by atoms with Crippen LogP contribution in [0.25, 0.3) is 16.7 Å². The number of hydrogen-bond acceptors (Lipinski definition) is 6. The third kappa shape index (κ3) is 2.86. The van der Waals surface area contributed by atoms with Crippen molar-refractivity contribution in [3.05, 3.63) is 47.8 Å². The molecule has 28 heavy (non-hydrogen) atoms. The molecule has 0 bridgehead atoms. The van der Waals surface area contributed by atoms with Crippen LogP contribution < -0.4 is 5.73 Å². The maximum atomic E-state index is 12.1. The number of aliphatic hydroxyl groups is 1. The van der Waals surface area contributed by atoms with Crippen LogP contribution in [0.4, 0.5) is 0 Å². The molecule has 4 rings (SSSR count). The first-order valence-corrected chi connectivity index (χ1v) is 8.51. The summed E-state index contributed by atoms with van der Waals surface area (Å²) in [5, 5.41) is 23.1. The summed E-state index contributed by atoms with van der Waals surface area (Å²) in [5.74, 6) is 4.45. The van der Waals surface area contributed by atoms with E-state index >= 15 is 0 Å². The quantitative estimate of drug-likeness (QED) is 0.599. The van der Waals surface area contributed by atoms with Crippen LogP contribution in [-0.2, 0) is 4.79 Å². The summed E-state index contributed by atoms with van der Waals surface area (Å²) in [4.78, 5) is 25.2. The molecule has 1 aliphatic heterocycles. The van der Waals surface area contributed by atoms with Crippen molar-refractivity contribution in [2.75, 3.05) is 13.6 Å². The maximum Gasteiger partial charge on any atom is 0.269 e. The van der Waals surface area contributed by atoms with Gasteiger partial charge in [-0.05, 0) is 24.3 Å². The number of hydrogen-bond donors (Lipinski definition) is 2. The van der Waals surface area contributed by atoms with Gasteiger partial charge in [0.1, 0.15) is 0 Å². The molecule has 1 unspecified atom stereocenters. The zero-order valence-corrected chi connectivity index (χ0v) is 15.0. The lowest BCUT2D eigenvalue weighted by Crippen LogP contribution is -2.37. The van der Waals surface area contributed by atoms with E-state index in [2.05, 4.69) is 27.1 Å². The van der Waals surface area contributed by atoms with E-state index in [1.807, 2.05) is 0 Å². The van der Waals surface area contributed by atoms with Gasteiger partial charge in [-0.3, -0.25) is 9.59 Å². The minimum absolute atomic E-state index is 0.0929. The molecular formula is C19H16N6O3. The van der Waals surface area contributed by atoms with Gasteiger partial charge in [0.15, 0.2) is 11.3 Å². The van der Waals surface area contributed by atoms with Crippen molar-refractivity contribution in [2.24, 2.45) is 5.73 Å². The van der Waals surface area contributed by atoms with E-state index in [4.69, 9.17) is 5.73 Å². The highest BCUT2D eigenvalue weighted by Gasteiger charge is 2.42. The van der Waals surface area contributed by atoms with Crippen molar-refractivity contribution in [1.29, 1.82) is 0 Å². The number of aromatic nitrogens is 4. The van der Waals surface area contributed by atoms with Crippen molar-refractivity contribution in [1.82, 2.24) is 24.9 Å². The number of fused-ring (bicyclic) bond motifs is 1. The van der Waals surface area contributed by atoms with Gasteiger partial charge in [-0.2, -0.15) is 10.2 Å². The number of nitrogens with two attached hydrogens (primary N) is 1. The second-order valence-electron chi connectivity index (χ2n) is 6.53. The third-order valence-corrected chi connectivity index (χ3v) is 4.60. The number of nitrogens with zero attached hydrogens (tertiary/aromatic N) is 5. The first-order chi connectivity index (χ1) is 13.4. The van der Waals surface area contributed by atoms with E-state index in [9.17, 15) is 14.7 Å². The Morgan fingerprint density at radius 3 is 2.89 bits per heavy atom. The zero-order valence-electron chi connectivity index (χ0n) is 15.0. The largest absolute Gasteiger partial charge is 0.369 e. The van der Waals surface area contributed by atoms with E-state index in [1.165, 1.54) is 15.8 Å². The maximum absolute atomic E-state index is 12.1. The molecule has 2 amide bonds. The molecule has 1 aliphatic rings. The molecule has 0 aliphatic carbocycles. The van der Waals surface area contributed by atoms with Crippen molar-refractivity contribution in [3.63, 3.8) is 0 Å². The Morgan fingerprint density at radius 2 is 2.18 bits per heavy atom. The average Bonchev–Trinajstić information content (AvgIpc) is 3.21. The summed E-state index contributed by atoms with van der Waals surface area (Å²) in [5.41, 5.74) is 5.37. The zero-order chi connectivity index (χ0) is 19.9. The van der Waals surface area contributed by atoms with E-state index in [1.54, 1.807) is 37.4 Å². The second-order valence-corrected chi connectivity index (χ2v) is 6.53. The molecular weight excluding hydrogens is 360 g/mol. The minimum Gasteiger partial charge on any atom is -0.369 e. The molecule has 3 N–H and O–H groups in total. The molecule has 0 radical (unpaired) electrons. The first kappa shape index (κ1) is 17.6. The fourth-order valence-electron chi connectivity index (χ4n) is 3.09. The molecule has 1 atom stereocenters. The van der Waals surface area contributed by atoms with Crippen LogP contribution in [0.5, 0.6) is 0 Å². The van der Waals surface area contributed by atoms with Crippen LogP contribution in [0.2, 0.25) is 0 Å². The smallest absolute Gasteiger partial charge is 0.269 e. The summed E-state index contributed by atoms with van der Waals surface area (Å²) < 4.78 is 1.46. The fraction of sp³-hybridized carbons (Fsp3) is 0.211. The van der Waals surface area contributed by atoms with Gasteiger partial charge < -0.3 is 15.7 Å². The number of carbonyl (C=O) groups excluding carboxylic acids is 2. The Bertz CT molecular complexity index is 1180. The number of carbonyl (C=O) groups is 2. The number of benzene rings is 1. The standard InChI is InChI=1S/C19H16N6O3/c1-24-10-8-19(28,18(24)27)7-5-12-3-2-4-13(11-12)25-17-14(6-9-21-22-17)15(23-25)16(20)26/h2-4,6,9,11,28H,8,10H2,1H3,(H2,20,26). The number of primary amides is 1. The number of rotatable bonds is 2. The Labute approximate surface area is 159 Å². The van der Waals surface area contributed by atoms with Gasteiger partial charge in [0.05, 0.1) is 17.3 Å². The van der Waals surface area contributed by atoms with Gasteiger partial charge >= 0.3 is 0 Å². The summed E-state index contributed by atoms with van der Waals surface area (Å²) in [6.45, 7) is 0.456. The van der Waals surface area contributed by atoms with E-state index < -0.39 is 17.4 Å². The topological polar surface area (TPSA) is 127 Å². The van der Waals surface area contributed by atoms with Gasteiger partial charge in [-0.1, -0.05) is 17.9 Å². The Hall–Kier alpha value is -3.77. The molecule has 9 nitrogen and oxygen atoms in total. The Balaban J connectivity index is 1.76. The highest BCUT2D eigenvalue weighted by molar-refractivity contribution is 6.03. The predicted molar refractivity (Wildman–Crippen MR) is 99.3 cm³/mol. The molecule has 3 heterocycles. The molecule has 3 aromatic rings. The van der Waals surface area contributed by atoms with E-state index in [0.29, 0.717) is 28.8 Å². The third-order valence-electron chi connectivity index (χ3n) is 4.60. The van der Waals surface area contributed by atoms with E-state index in [0.717, 1.165) is 0 Å². The van der Waals surface area contributed by atoms with Crippen LogP contribution >= 0.6 is 0 Å². The van der Waals surface area contributed by atoms with Crippen molar-refractivity contribution >= 4 is 22.8 Å². The summed E-state index contributed by atoms with van der Waals surface area (Å²) in [7, 11) is 1.63. The lowest BCUT2D eigenvalue weighted by molar-refractivity contribution is -0.137. The van der Waals surface area contributed by atoms with Crippen molar-refractivity contribution < 1.29 is 14.7 Å². The van der Waals surface area contributed by atoms with Crippen LogP contribution in [0.15, 0.2) is 36.5 Å². The van der Waals surface area contributed by atoms with Gasteiger partial charge in [-0.25, -0.2) is 4.68 Å². The molecule has 0 spiro atoms. The van der Waals surface area contributed by atoms with Crippen molar-refractivity contribution in [2.45, 2.75) is 12.0 Å². The van der Waals surface area contributed by atoms with Gasteiger partial charge in [0.25, 0.3) is 11.8 Å². The van der Waals surface area contributed by atoms with Gasteiger partial charge in [0.2, 0.25) is 5.60 Å². The number of likely N-dealkylation sites (tertiary alicyclic amines) is 1. The SMILES string of the molecule is CN1CCC(O)(C#Cc2cccc(-n3nc(C(N)=O)c4ccnnc43)c2)C1=O. The van der Waals surface area contributed by atoms with Crippen LogP contribution in [0.3, 0.4) is 0 Å². The molecule has 140 valence electrons.